The number of nitrogens with two attached hydrogens (primary N) is 1. The average Bonchev–Trinajstić information content (AvgIpc) is 2.14. The van der Waals surface area contributed by atoms with E-state index in [1.54, 1.807) is 0 Å². The van der Waals surface area contributed by atoms with Gasteiger partial charge in [0.25, 0.3) is 0 Å². The van der Waals surface area contributed by atoms with Gasteiger partial charge in [-0.15, -0.1) is 10.2 Å². The molecule has 0 saturated heterocycles. The predicted octanol–water partition coefficient (Wildman–Crippen LogP) is 0.577. The van der Waals surface area contributed by atoms with E-state index < -0.39 is 0 Å². The van der Waals surface area contributed by atoms with Gasteiger partial charge in [-0.1, -0.05) is 0 Å². The summed E-state index contributed by atoms with van der Waals surface area (Å²) in [4.78, 5) is 0. The normalized spacial score (nSPS) is 15.7. The first-order valence-corrected chi connectivity index (χ1v) is 1.67. The molecule has 1 aliphatic rings. The van der Waals surface area contributed by atoms with Gasteiger partial charge in [0.2, 0.25) is 5.82 Å². The van der Waals surface area contributed by atoms with Crippen LogP contribution in [0.1, 0.15) is 0 Å². The molecule has 0 unspecified atom stereocenters. The van der Waals surface area contributed by atoms with Crippen LogP contribution >= 0.6 is 0 Å². The second-order valence-electron chi connectivity index (χ2n) is 0.904. The molecule has 0 aliphatic carbocycles. The predicted molar refractivity (Wildman–Crippen MR) is 22.0 cm³/mol. The minimum Gasteiger partial charge on any atom is -0.401 e. The van der Waals surface area contributed by atoms with Gasteiger partial charge in [-0.05, 0) is 10.4 Å². The van der Waals surface area contributed by atoms with Gasteiger partial charge in [-0.2, -0.15) is 0 Å². The minimum atomic E-state index is 0.361. The summed E-state index contributed by atoms with van der Waals surface area (Å²) in [5.41, 5.74) is 4.96. The summed E-state index contributed by atoms with van der Waals surface area (Å²) in [5.74, 6) is 0.361. The standard InChI is InChI=1S/C2H3N5/c3-1-2-4-6-7-5-2/h1H,3H2. The Labute approximate surface area is 39.6 Å². The molecule has 5 heteroatoms. The Morgan fingerprint density at radius 3 is 2.14 bits per heavy atom. The van der Waals surface area contributed by atoms with E-state index in [9.17, 15) is 0 Å². The third kappa shape index (κ3) is 0.594. The van der Waals surface area contributed by atoms with Crippen molar-refractivity contribution in [1.82, 2.24) is 0 Å². The Kier molecular flexibility index (Phi) is 0.816. The lowest BCUT2D eigenvalue weighted by molar-refractivity contribution is 1.06. The SMILES string of the molecule is NC=C1N=NN=N1. The monoisotopic (exact) mass is 97.0 g/mol. The maximum atomic E-state index is 4.96. The molecule has 0 saturated carbocycles. The van der Waals surface area contributed by atoms with Gasteiger partial charge < -0.3 is 5.73 Å². The minimum absolute atomic E-state index is 0.361. The van der Waals surface area contributed by atoms with Crippen LogP contribution in [0.5, 0.6) is 0 Å². The summed E-state index contributed by atoms with van der Waals surface area (Å²) in [5, 5.41) is 13.1. The first kappa shape index (κ1) is 3.91. The van der Waals surface area contributed by atoms with Crippen LogP contribution in [-0.4, -0.2) is 0 Å². The molecule has 36 valence electrons. The fraction of sp³-hybridized carbons (Fsp3) is 0. The Hall–Kier alpha value is -1.26. The molecule has 1 heterocycles. The van der Waals surface area contributed by atoms with E-state index in [2.05, 4.69) is 20.7 Å². The molecule has 0 amide bonds. The molecule has 0 aromatic rings. The van der Waals surface area contributed by atoms with E-state index in [0.717, 1.165) is 0 Å². The molecular weight excluding hydrogens is 94.1 g/mol. The summed E-state index contributed by atoms with van der Waals surface area (Å²) in [7, 11) is 0. The van der Waals surface area contributed by atoms with Crippen molar-refractivity contribution >= 4 is 0 Å². The first-order valence-electron chi connectivity index (χ1n) is 1.67. The van der Waals surface area contributed by atoms with Gasteiger partial charge >= 0.3 is 0 Å². The van der Waals surface area contributed by atoms with E-state index in [1.165, 1.54) is 6.20 Å². The largest absolute Gasteiger partial charge is 0.401 e. The maximum absolute atomic E-state index is 4.96. The zero-order chi connectivity index (χ0) is 5.11. The van der Waals surface area contributed by atoms with Gasteiger partial charge in [-0.25, -0.2) is 0 Å². The van der Waals surface area contributed by atoms with Crippen LogP contribution in [0.2, 0.25) is 0 Å². The fourth-order valence-electron chi connectivity index (χ4n) is 0.218. The van der Waals surface area contributed by atoms with Gasteiger partial charge in [0.1, 0.15) is 0 Å². The van der Waals surface area contributed by atoms with Gasteiger partial charge in [0.15, 0.2) is 0 Å². The maximum Gasteiger partial charge on any atom is 0.215 e. The molecule has 0 fully saturated rings. The van der Waals surface area contributed by atoms with Crippen LogP contribution in [0, 0.1) is 0 Å². The molecule has 0 aromatic carbocycles. The van der Waals surface area contributed by atoms with Crippen LogP contribution in [0.25, 0.3) is 0 Å². The third-order valence-corrected chi connectivity index (χ3v) is 0.483. The summed E-state index contributed by atoms with van der Waals surface area (Å²) in [6, 6.07) is 0. The topological polar surface area (TPSA) is 75.5 Å². The van der Waals surface area contributed by atoms with Crippen LogP contribution in [0.15, 0.2) is 32.7 Å². The van der Waals surface area contributed by atoms with Crippen LogP contribution < -0.4 is 5.73 Å². The molecule has 0 bridgehead atoms. The molecule has 5 nitrogen and oxygen atoms in total. The molecule has 1 rings (SSSR count). The first-order chi connectivity index (χ1) is 3.43. The van der Waals surface area contributed by atoms with Crippen molar-refractivity contribution in [3.63, 3.8) is 0 Å². The summed E-state index contributed by atoms with van der Waals surface area (Å²) >= 11 is 0. The van der Waals surface area contributed by atoms with Crippen LogP contribution in [-0.2, 0) is 0 Å². The highest BCUT2D eigenvalue weighted by Gasteiger charge is 1.92. The van der Waals surface area contributed by atoms with Crippen molar-refractivity contribution < 1.29 is 0 Å². The highest BCUT2D eigenvalue weighted by Crippen LogP contribution is 2.05. The lowest BCUT2D eigenvalue weighted by Crippen LogP contribution is -1.78. The van der Waals surface area contributed by atoms with Crippen molar-refractivity contribution in [2.75, 3.05) is 0 Å². The highest BCUT2D eigenvalue weighted by molar-refractivity contribution is 4.92. The van der Waals surface area contributed by atoms with E-state index >= 15 is 0 Å². The molecule has 0 atom stereocenters. The fourth-order valence-corrected chi connectivity index (χ4v) is 0.218. The Bertz CT molecular complexity index is 128. The Morgan fingerprint density at radius 2 is 1.86 bits per heavy atom. The number of hydrogen-bond donors (Lipinski definition) is 1. The second kappa shape index (κ2) is 1.46. The van der Waals surface area contributed by atoms with Crippen molar-refractivity contribution in [2.45, 2.75) is 0 Å². The Balaban J connectivity index is 2.79. The summed E-state index contributed by atoms with van der Waals surface area (Å²) < 4.78 is 0. The molecule has 7 heavy (non-hydrogen) atoms. The lowest BCUT2D eigenvalue weighted by atomic mass is 10.8. The molecule has 0 spiro atoms. The number of hydrogen-bond acceptors (Lipinski definition) is 5. The van der Waals surface area contributed by atoms with E-state index in [-0.39, 0.29) is 0 Å². The average molecular weight is 97.1 g/mol. The molecule has 1 aliphatic heterocycles. The zero-order valence-electron chi connectivity index (χ0n) is 3.44. The van der Waals surface area contributed by atoms with Crippen LogP contribution in [0.3, 0.4) is 0 Å². The molecule has 2 N–H and O–H groups in total. The van der Waals surface area contributed by atoms with Gasteiger partial charge in [-0.3, -0.25) is 0 Å². The quantitative estimate of drug-likeness (QED) is 0.471. The zero-order valence-corrected chi connectivity index (χ0v) is 3.44. The Morgan fingerprint density at radius 1 is 1.29 bits per heavy atom. The van der Waals surface area contributed by atoms with Crippen LogP contribution in [0.4, 0.5) is 0 Å². The second-order valence-corrected chi connectivity index (χ2v) is 0.904. The van der Waals surface area contributed by atoms with Crippen molar-refractivity contribution in [1.29, 1.82) is 0 Å². The smallest absolute Gasteiger partial charge is 0.215 e. The summed E-state index contributed by atoms with van der Waals surface area (Å²) in [6.07, 6.45) is 1.24. The van der Waals surface area contributed by atoms with E-state index in [4.69, 9.17) is 5.73 Å². The number of nitrogens with zero attached hydrogens (tertiary/aromatic N) is 4. The van der Waals surface area contributed by atoms with Crippen molar-refractivity contribution in [3.05, 3.63) is 12.0 Å². The van der Waals surface area contributed by atoms with Crippen molar-refractivity contribution in [2.24, 2.45) is 26.4 Å². The highest BCUT2D eigenvalue weighted by atomic mass is 15.5. The molecular formula is C2H3N5. The molecule has 0 aromatic heterocycles. The van der Waals surface area contributed by atoms with E-state index in [1.807, 2.05) is 0 Å². The van der Waals surface area contributed by atoms with Gasteiger partial charge in [0.05, 0.1) is 0 Å². The third-order valence-electron chi connectivity index (χ3n) is 0.483. The molecule has 0 radical (unpaired) electrons. The summed E-state index contributed by atoms with van der Waals surface area (Å²) in [6.45, 7) is 0. The van der Waals surface area contributed by atoms with Gasteiger partial charge in [0, 0.05) is 6.20 Å². The lowest BCUT2D eigenvalue weighted by Gasteiger charge is -1.71. The van der Waals surface area contributed by atoms with Crippen molar-refractivity contribution in [3.8, 4) is 0 Å². The van der Waals surface area contributed by atoms with E-state index in [0.29, 0.717) is 5.82 Å². The number of rotatable bonds is 0.